The fourth-order valence-corrected chi connectivity index (χ4v) is 3.58. The van der Waals surface area contributed by atoms with Gasteiger partial charge in [-0.05, 0) is 63.1 Å². The first-order valence-electron chi connectivity index (χ1n) is 9.57. The van der Waals surface area contributed by atoms with Crippen molar-refractivity contribution in [1.29, 1.82) is 0 Å². The second kappa shape index (κ2) is 5.93. The van der Waals surface area contributed by atoms with E-state index in [2.05, 4.69) is 29.2 Å². The molecule has 5 heteroatoms. The molecular weight excluding hydrogens is 349 g/mol. The summed E-state index contributed by atoms with van der Waals surface area (Å²) in [5.41, 5.74) is 4.00. The van der Waals surface area contributed by atoms with E-state index < -0.39 is 7.12 Å². The molecule has 1 aliphatic rings. The Morgan fingerprint density at radius 3 is 2.14 bits per heavy atom. The van der Waals surface area contributed by atoms with Gasteiger partial charge < -0.3 is 13.7 Å². The van der Waals surface area contributed by atoms with E-state index in [1.807, 2.05) is 64.2 Å². The van der Waals surface area contributed by atoms with Gasteiger partial charge in [-0.25, -0.2) is 0 Å². The topological polar surface area (TPSA) is 44.5 Å². The third-order valence-electron chi connectivity index (χ3n) is 5.99. The number of pyridine rings is 1. The van der Waals surface area contributed by atoms with Crippen LogP contribution < -0.4 is 5.59 Å². The molecule has 2 aromatic carbocycles. The van der Waals surface area contributed by atoms with Crippen LogP contribution in [0.2, 0.25) is 0 Å². The molecule has 0 radical (unpaired) electrons. The number of hydrogen-bond donors (Lipinski definition) is 0. The molecule has 0 spiro atoms. The summed E-state index contributed by atoms with van der Waals surface area (Å²) in [6, 6.07) is 18.4. The molecule has 0 N–H and O–H groups in total. The molecule has 0 bridgehead atoms. The van der Waals surface area contributed by atoms with Gasteiger partial charge in [0.15, 0.2) is 0 Å². The quantitative estimate of drug-likeness (QED) is 0.468. The van der Waals surface area contributed by atoms with E-state index in [4.69, 9.17) is 13.7 Å². The van der Waals surface area contributed by atoms with Crippen molar-refractivity contribution in [3.05, 3.63) is 60.8 Å². The van der Waals surface area contributed by atoms with Crippen molar-refractivity contribution >= 4 is 34.7 Å². The average molecular weight is 371 g/mol. The van der Waals surface area contributed by atoms with Crippen molar-refractivity contribution in [1.82, 2.24) is 4.98 Å². The molecule has 28 heavy (non-hydrogen) atoms. The number of furan rings is 1. The Hall–Kier alpha value is -2.63. The van der Waals surface area contributed by atoms with Gasteiger partial charge in [-0.15, -0.1) is 0 Å². The molecule has 4 nitrogen and oxygen atoms in total. The Labute approximate surface area is 164 Å². The summed E-state index contributed by atoms with van der Waals surface area (Å²) in [6.07, 6.45) is 1.88. The van der Waals surface area contributed by atoms with Gasteiger partial charge in [-0.3, -0.25) is 4.98 Å². The second-order valence-electron chi connectivity index (χ2n) is 8.37. The summed E-state index contributed by atoms with van der Waals surface area (Å²) in [6.45, 7) is 8.19. The van der Waals surface area contributed by atoms with E-state index >= 15 is 0 Å². The molecule has 1 fully saturated rings. The van der Waals surface area contributed by atoms with Crippen LogP contribution in [-0.2, 0) is 9.31 Å². The van der Waals surface area contributed by atoms with Crippen molar-refractivity contribution < 1.29 is 13.7 Å². The fourth-order valence-electron chi connectivity index (χ4n) is 3.58. The lowest BCUT2D eigenvalue weighted by atomic mass is 9.84. The summed E-state index contributed by atoms with van der Waals surface area (Å²) in [4.78, 5) is 4.62. The molecule has 0 aliphatic carbocycles. The summed E-state index contributed by atoms with van der Waals surface area (Å²) in [5, 5.41) is 2.24. The number of nitrogens with zero attached hydrogens (tertiary/aromatic N) is 1. The van der Waals surface area contributed by atoms with E-state index in [0.717, 1.165) is 38.7 Å². The summed E-state index contributed by atoms with van der Waals surface area (Å²) < 4.78 is 18.1. The van der Waals surface area contributed by atoms with Crippen molar-refractivity contribution in [3.8, 4) is 11.1 Å². The number of fused-ring (bicyclic) bond motifs is 3. The van der Waals surface area contributed by atoms with Crippen molar-refractivity contribution in [2.45, 2.75) is 38.9 Å². The number of aromatic nitrogens is 1. The molecule has 1 saturated heterocycles. The number of rotatable bonds is 2. The van der Waals surface area contributed by atoms with E-state index in [9.17, 15) is 0 Å². The molecule has 0 atom stereocenters. The maximum atomic E-state index is 6.09. The highest BCUT2D eigenvalue weighted by molar-refractivity contribution is 6.61. The van der Waals surface area contributed by atoms with E-state index in [0.29, 0.717) is 0 Å². The lowest BCUT2D eigenvalue weighted by Gasteiger charge is -2.32. The highest BCUT2D eigenvalue weighted by Gasteiger charge is 2.52. The predicted octanol–water partition coefficient (Wildman–Crippen LogP) is 4.95. The van der Waals surface area contributed by atoms with Gasteiger partial charge in [0.1, 0.15) is 11.2 Å². The largest absolute Gasteiger partial charge is 0.514 e. The summed E-state index contributed by atoms with van der Waals surface area (Å²) >= 11 is 0. The number of para-hydroxylation sites is 1. The maximum Gasteiger partial charge on any atom is 0.514 e. The minimum atomic E-state index is -0.445. The molecular formula is C23H22BNO3. The van der Waals surface area contributed by atoms with Crippen LogP contribution in [0.5, 0.6) is 0 Å². The molecule has 1 aliphatic heterocycles. The van der Waals surface area contributed by atoms with E-state index in [1.165, 1.54) is 0 Å². The highest BCUT2D eigenvalue weighted by Crippen LogP contribution is 2.36. The molecule has 0 unspecified atom stereocenters. The second-order valence-corrected chi connectivity index (χ2v) is 8.37. The first kappa shape index (κ1) is 17.5. The molecule has 0 saturated carbocycles. The average Bonchev–Trinajstić information content (AvgIpc) is 3.15. The van der Waals surface area contributed by atoms with Gasteiger partial charge in [-0.1, -0.05) is 30.3 Å². The summed E-state index contributed by atoms with van der Waals surface area (Å²) in [7, 11) is -0.445. The Bertz CT molecular complexity index is 1160. The lowest BCUT2D eigenvalue weighted by Crippen LogP contribution is -2.41. The van der Waals surface area contributed by atoms with Gasteiger partial charge in [0.05, 0.1) is 16.8 Å². The minimum Gasteiger partial charge on any atom is -0.456 e. The van der Waals surface area contributed by atoms with Gasteiger partial charge in [0, 0.05) is 17.0 Å². The van der Waals surface area contributed by atoms with Gasteiger partial charge in [0.2, 0.25) is 0 Å². The SMILES string of the molecule is CC1(C)OB(c2ccc(-c3ccc4oc5ccccc5c4c3)cn2)OC1(C)C. The zero-order valence-corrected chi connectivity index (χ0v) is 16.5. The Kier molecular flexibility index (Phi) is 3.70. The third-order valence-corrected chi connectivity index (χ3v) is 5.99. The highest BCUT2D eigenvalue weighted by atomic mass is 16.7. The molecule has 0 amide bonds. The van der Waals surface area contributed by atoms with Crippen LogP contribution in [0, 0.1) is 0 Å². The van der Waals surface area contributed by atoms with Crippen LogP contribution in [0.25, 0.3) is 33.1 Å². The minimum absolute atomic E-state index is 0.370. The Morgan fingerprint density at radius 2 is 1.43 bits per heavy atom. The van der Waals surface area contributed by atoms with Gasteiger partial charge in [-0.2, -0.15) is 0 Å². The van der Waals surface area contributed by atoms with Crippen LogP contribution in [0.3, 0.4) is 0 Å². The summed E-state index contributed by atoms with van der Waals surface area (Å²) in [5.74, 6) is 0. The van der Waals surface area contributed by atoms with Crippen molar-refractivity contribution in [2.75, 3.05) is 0 Å². The predicted molar refractivity (Wildman–Crippen MR) is 113 cm³/mol. The van der Waals surface area contributed by atoms with Crippen LogP contribution in [0.1, 0.15) is 27.7 Å². The molecule has 5 rings (SSSR count). The van der Waals surface area contributed by atoms with Crippen LogP contribution >= 0.6 is 0 Å². The first-order chi connectivity index (χ1) is 13.3. The normalized spacial score (nSPS) is 18.2. The maximum absolute atomic E-state index is 6.09. The van der Waals surface area contributed by atoms with Crippen LogP contribution in [-0.4, -0.2) is 23.3 Å². The Balaban J connectivity index is 1.48. The molecule has 140 valence electrons. The van der Waals surface area contributed by atoms with E-state index in [-0.39, 0.29) is 11.2 Å². The monoisotopic (exact) mass is 371 g/mol. The zero-order chi connectivity index (χ0) is 19.5. The van der Waals surface area contributed by atoms with Gasteiger partial charge >= 0.3 is 7.12 Å². The van der Waals surface area contributed by atoms with Crippen molar-refractivity contribution in [3.63, 3.8) is 0 Å². The van der Waals surface area contributed by atoms with Crippen LogP contribution in [0.4, 0.5) is 0 Å². The number of benzene rings is 2. The fraction of sp³-hybridized carbons (Fsp3) is 0.261. The standard InChI is InChI=1S/C23H22BNO3/c1-22(2)23(3,4)28-24(27-22)21-12-10-16(14-25-21)15-9-11-20-18(13-15)17-7-5-6-8-19(17)26-20/h5-14H,1-4H3. The third kappa shape index (κ3) is 2.66. The van der Waals surface area contributed by atoms with E-state index in [1.54, 1.807) is 0 Å². The van der Waals surface area contributed by atoms with Crippen molar-refractivity contribution in [2.24, 2.45) is 0 Å². The smallest absolute Gasteiger partial charge is 0.456 e. The molecule has 2 aromatic heterocycles. The molecule has 4 aromatic rings. The van der Waals surface area contributed by atoms with Crippen LogP contribution in [0.15, 0.2) is 65.2 Å². The van der Waals surface area contributed by atoms with Gasteiger partial charge in [0.25, 0.3) is 0 Å². The molecule has 3 heterocycles. The number of hydrogen-bond acceptors (Lipinski definition) is 4. The first-order valence-corrected chi connectivity index (χ1v) is 9.57. The zero-order valence-electron chi connectivity index (χ0n) is 16.5. The Morgan fingerprint density at radius 1 is 0.750 bits per heavy atom. The lowest BCUT2D eigenvalue weighted by molar-refractivity contribution is 0.00578.